The summed E-state index contributed by atoms with van der Waals surface area (Å²) in [6, 6.07) is 10.4. The minimum Gasteiger partial charge on any atom is -0.506 e. The largest absolute Gasteiger partial charge is 0.506 e. The Hall–Kier alpha value is -1.07. The van der Waals surface area contributed by atoms with E-state index in [4.69, 9.17) is 16.3 Å². The van der Waals surface area contributed by atoms with Gasteiger partial charge in [-0.3, -0.25) is 4.79 Å². The van der Waals surface area contributed by atoms with Crippen LogP contribution in [0, 0.1) is 7.14 Å². The summed E-state index contributed by atoms with van der Waals surface area (Å²) < 4.78 is 6.73. The standard InChI is InChI=1S/C15H11ClI2N2O3/c16-10-3-1-2-4-13(10)23-8-14(21)20-19-7-9-5-11(17)15(22)12(18)6-9/h1-7,22H,8H2,(H,20,21). The number of hydrogen-bond donors (Lipinski definition) is 2. The molecule has 1 amide bonds. The molecular formula is C15H11ClI2N2O3. The number of amides is 1. The minimum absolute atomic E-state index is 0.189. The highest BCUT2D eigenvalue weighted by Gasteiger charge is 2.06. The number of aromatic hydroxyl groups is 1. The number of nitrogens with one attached hydrogen (secondary N) is 1. The van der Waals surface area contributed by atoms with E-state index in [9.17, 15) is 9.90 Å². The van der Waals surface area contributed by atoms with Gasteiger partial charge in [-0.05, 0) is 75.0 Å². The highest BCUT2D eigenvalue weighted by molar-refractivity contribution is 14.1. The Morgan fingerprint density at radius 3 is 2.61 bits per heavy atom. The average molecular weight is 557 g/mol. The summed E-state index contributed by atoms with van der Waals surface area (Å²) in [5.74, 6) is 0.279. The van der Waals surface area contributed by atoms with Gasteiger partial charge < -0.3 is 9.84 Å². The third kappa shape index (κ3) is 5.50. The molecule has 0 aliphatic heterocycles. The zero-order chi connectivity index (χ0) is 16.8. The first-order valence-electron chi connectivity index (χ1n) is 6.34. The molecule has 0 atom stereocenters. The van der Waals surface area contributed by atoms with Crippen molar-refractivity contribution in [1.82, 2.24) is 5.43 Å². The molecule has 0 aliphatic carbocycles. The maximum Gasteiger partial charge on any atom is 0.277 e. The van der Waals surface area contributed by atoms with Gasteiger partial charge in [0.1, 0.15) is 11.5 Å². The summed E-state index contributed by atoms with van der Waals surface area (Å²) in [5, 5.41) is 14.0. The summed E-state index contributed by atoms with van der Waals surface area (Å²) in [6.07, 6.45) is 1.50. The van der Waals surface area contributed by atoms with E-state index < -0.39 is 5.91 Å². The van der Waals surface area contributed by atoms with E-state index in [0.717, 1.165) is 5.56 Å². The number of para-hydroxylation sites is 1. The number of phenols is 1. The summed E-state index contributed by atoms with van der Waals surface area (Å²) >= 11 is 9.98. The van der Waals surface area contributed by atoms with E-state index in [0.29, 0.717) is 17.9 Å². The highest BCUT2D eigenvalue weighted by atomic mass is 127. The Kier molecular flexibility index (Phi) is 6.90. The third-order valence-electron chi connectivity index (χ3n) is 2.64. The van der Waals surface area contributed by atoms with Crippen molar-refractivity contribution in [2.45, 2.75) is 0 Å². The van der Waals surface area contributed by atoms with E-state index in [1.165, 1.54) is 6.21 Å². The van der Waals surface area contributed by atoms with Gasteiger partial charge in [-0.1, -0.05) is 23.7 Å². The lowest BCUT2D eigenvalue weighted by Gasteiger charge is -2.06. The number of carbonyl (C=O) groups is 1. The fraction of sp³-hybridized carbons (Fsp3) is 0.0667. The molecule has 0 bridgehead atoms. The topological polar surface area (TPSA) is 70.9 Å². The molecule has 120 valence electrons. The molecule has 0 aliphatic rings. The van der Waals surface area contributed by atoms with E-state index >= 15 is 0 Å². The third-order valence-corrected chi connectivity index (χ3v) is 4.59. The number of rotatable bonds is 5. The highest BCUT2D eigenvalue weighted by Crippen LogP contribution is 2.26. The molecule has 2 N–H and O–H groups in total. The summed E-state index contributed by atoms with van der Waals surface area (Å²) in [4.78, 5) is 11.7. The van der Waals surface area contributed by atoms with E-state index in [1.807, 2.05) is 45.2 Å². The molecule has 0 saturated carbocycles. The molecule has 0 saturated heterocycles. The van der Waals surface area contributed by atoms with Gasteiger partial charge in [-0.15, -0.1) is 0 Å². The molecule has 0 aromatic heterocycles. The lowest BCUT2D eigenvalue weighted by atomic mass is 10.2. The SMILES string of the molecule is O=C(COc1ccccc1Cl)NN=Cc1cc(I)c(O)c(I)c1. The van der Waals surface area contributed by atoms with Gasteiger partial charge >= 0.3 is 0 Å². The van der Waals surface area contributed by atoms with Crippen molar-refractivity contribution in [2.75, 3.05) is 6.61 Å². The second-order valence-electron chi connectivity index (χ2n) is 4.35. The van der Waals surface area contributed by atoms with E-state index in [1.54, 1.807) is 36.4 Å². The fourth-order valence-electron chi connectivity index (χ4n) is 1.58. The van der Waals surface area contributed by atoms with Crippen molar-refractivity contribution in [1.29, 1.82) is 0 Å². The minimum atomic E-state index is -0.399. The molecule has 23 heavy (non-hydrogen) atoms. The van der Waals surface area contributed by atoms with Gasteiger partial charge in [-0.25, -0.2) is 5.43 Å². The maximum atomic E-state index is 11.7. The quantitative estimate of drug-likeness (QED) is 0.335. The van der Waals surface area contributed by atoms with Gasteiger partial charge in [0.25, 0.3) is 5.91 Å². The molecule has 2 aromatic carbocycles. The van der Waals surface area contributed by atoms with Crippen molar-refractivity contribution >= 4 is 68.9 Å². The van der Waals surface area contributed by atoms with Gasteiger partial charge in [0, 0.05) is 0 Å². The number of hydrogen-bond acceptors (Lipinski definition) is 4. The molecular weight excluding hydrogens is 545 g/mol. The second-order valence-corrected chi connectivity index (χ2v) is 7.08. The van der Waals surface area contributed by atoms with Crippen LogP contribution in [-0.2, 0) is 4.79 Å². The van der Waals surface area contributed by atoms with Crippen LogP contribution < -0.4 is 10.2 Å². The maximum absolute atomic E-state index is 11.7. The second kappa shape index (κ2) is 8.69. The Labute approximate surface area is 165 Å². The first-order chi connectivity index (χ1) is 11.0. The van der Waals surface area contributed by atoms with Crippen LogP contribution in [0.4, 0.5) is 0 Å². The molecule has 0 fully saturated rings. The van der Waals surface area contributed by atoms with Crippen LogP contribution in [0.5, 0.6) is 11.5 Å². The van der Waals surface area contributed by atoms with Gasteiger partial charge in [0.2, 0.25) is 0 Å². The van der Waals surface area contributed by atoms with E-state index in [2.05, 4.69) is 10.5 Å². The van der Waals surface area contributed by atoms with Crippen molar-refractivity contribution in [3.63, 3.8) is 0 Å². The molecule has 5 nitrogen and oxygen atoms in total. The molecule has 0 unspecified atom stereocenters. The van der Waals surface area contributed by atoms with Crippen molar-refractivity contribution < 1.29 is 14.6 Å². The number of phenolic OH excluding ortho intramolecular Hbond substituents is 1. The number of benzene rings is 2. The van der Waals surface area contributed by atoms with Crippen molar-refractivity contribution in [3.8, 4) is 11.5 Å². The van der Waals surface area contributed by atoms with Gasteiger partial charge in [-0.2, -0.15) is 5.10 Å². The first-order valence-corrected chi connectivity index (χ1v) is 8.88. The van der Waals surface area contributed by atoms with Crippen LogP contribution in [0.2, 0.25) is 5.02 Å². The smallest absolute Gasteiger partial charge is 0.277 e. The zero-order valence-corrected chi connectivity index (χ0v) is 16.7. The van der Waals surface area contributed by atoms with Crippen LogP contribution in [0.25, 0.3) is 0 Å². The zero-order valence-electron chi connectivity index (χ0n) is 11.6. The summed E-state index contributed by atoms with van der Waals surface area (Å²) in [5.41, 5.74) is 3.14. The van der Waals surface area contributed by atoms with Crippen LogP contribution >= 0.6 is 56.8 Å². The van der Waals surface area contributed by atoms with Crippen LogP contribution in [0.15, 0.2) is 41.5 Å². The number of hydrazone groups is 1. The van der Waals surface area contributed by atoms with Gasteiger partial charge in [0.05, 0.1) is 18.4 Å². The molecule has 8 heteroatoms. The molecule has 0 radical (unpaired) electrons. The molecule has 2 aromatic rings. The lowest BCUT2D eigenvalue weighted by Crippen LogP contribution is -2.24. The number of carbonyl (C=O) groups excluding carboxylic acids is 1. The molecule has 0 spiro atoms. The summed E-state index contributed by atoms with van der Waals surface area (Å²) in [6.45, 7) is -0.189. The number of nitrogens with zero attached hydrogens (tertiary/aromatic N) is 1. The van der Waals surface area contributed by atoms with Crippen LogP contribution in [0.3, 0.4) is 0 Å². The monoisotopic (exact) mass is 556 g/mol. The van der Waals surface area contributed by atoms with Crippen LogP contribution in [-0.4, -0.2) is 23.8 Å². The number of ether oxygens (including phenoxy) is 1. The Morgan fingerprint density at radius 2 is 1.96 bits per heavy atom. The van der Waals surface area contributed by atoms with E-state index in [-0.39, 0.29) is 12.4 Å². The number of halogens is 3. The molecule has 0 heterocycles. The van der Waals surface area contributed by atoms with Crippen LogP contribution in [0.1, 0.15) is 5.56 Å². The molecule has 2 rings (SSSR count). The fourth-order valence-corrected chi connectivity index (χ4v) is 3.58. The average Bonchev–Trinajstić information content (AvgIpc) is 2.52. The predicted octanol–water partition coefficient (Wildman–Crippen LogP) is 3.78. The predicted molar refractivity (Wildman–Crippen MR) is 106 cm³/mol. The normalized spacial score (nSPS) is 10.7. The van der Waals surface area contributed by atoms with Crippen molar-refractivity contribution in [2.24, 2.45) is 5.10 Å². The van der Waals surface area contributed by atoms with Gasteiger partial charge in [0.15, 0.2) is 6.61 Å². The summed E-state index contributed by atoms with van der Waals surface area (Å²) in [7, 11) is 0. The first kappa shape index (κ1) is 18.3. The Balaban J connectivity index is 1.88. The van der Waals surface area contributed by atoms with Crippen molar-refractivity contribution in [3.05, 3.63) is 54.1 Å². The Morgan fingerprint density at radius 1 is 1.30 bits per heavy atom. The lowest BCUT2D eigenvalue weighted by molar-refractivity contribution is -0.123. The Bertz CT molecular complexity index is 730.